The SMILES string of the molecule is NCCCC[C@H](N)C(=O)NCC(=O)N[C@@H](CCCN=C(N)N)C(=O)N[C@@H](CCCN=C(N)N)C(=O)O. The molecule has 0 heterocycles. The van der Waals surface area contributed by atoms with Gasteiger partial charge in [-0.25, -0.2) is 4.79 Å². The molecule has 0 aromatic heterocycles. The Bertz CT molecular complexity index is 767. The van der Waals surface area contributed by atoms with E-state index in [4.69, 9.17) is 34.4 Å². The van der Waals surface area contributed by atoms with Gasteiger partial charge in [0.25, 0.3) is 0 Å². The van der Waals surface area contributed by atoms with Gasteiger partial charge in [-0.05, 0) is 45.1 Å². The van der Waals surface area contributed by atoms with Crippen molar-refractivity contribution in [1.82, 2.24) is 16.0 Å². The fourth-order valence-corrected chi connectivity index (χ4v) is 2.99. The molecule has 3 atom stereocenters. The molecular weight excluding hydrogens is 474 g/mol. The minimum Gasteiger partial charge on any atom is -0.480 e. The number of carboxylic acid groups (broad SMARTS) is 1. The van der Waals surface area contributed by atoms with Gasteiger partial charge in [0.15, 0.2) is 11.9 Å². The van der Waals surface area contributed by atoms with Gasteiger partial charge in [0.2, 0.25) is 17.7 Å². The van der Waals surface area contributed by atoms with Crippen molar-refractivity contribution < 1.29 is 24.3 Å². The highest BCUT2D eigenvalue weighted by Crippen LogP contribution is 2.04. The molecule has 0 saturated carbocycles. The van der Waals surface area contributed by atoms with Crippen LogP contribution in [0.2, 0.25) is 0 Å². The number of hydrogen-bond acceptors (Lipinski definition) is 8. The smallest absolute Gasteiger partial charge is 0.326 e. The molecule has 0 unspecified atom stereocenters. The van der Waals surface area contributed by atoms with E-state index >= 15 is 0 Å². The average Bonchev–Trinajstić information content (AvgIpc) is 2.80. The quantitative estimate of drug-likeness (QED) is 0.0445. The standard InChI is InChI=1S/C20H41N11O5/c21-8-2-1-5-12(22)16(33)29-11-15(32)30-13(6-3-9-27-19(23)24)17(34)31-14(18(35)36)7-4-10-28-20(25)26/h12-14H,1-11,21-22H2,(H,29,33)(H,30,32)(H,31,34)(H,35,36)(H4,23,24,27)(H4,25,26,28)/t12-,13-,14-/m0/s1. The van der Waals surface area contributed by atoms with Crippen LogP contribution in [0.15, 0.2) is 9.98 Å². The van der Waals surface area contributed by atoms with Crippen LogP contribution in [0.1, 0.15) is 44.9 Å². The summed E-state index contributed by atoms with van der Waals surface area (Å²) in [5, 5.41) is 16.8. The van der Waals surface area contributed by atoms with Gasteiger partial charge in [-0.2, -0.15) is 0 Å². The Hall–Kier alpha value is -3.66. The third kappa shape index (κ3) is 16.0. The molecule has 206 valence electrons. The van der Waals surface area contributed by atoms with Crippen LogP contribution in [0, 0.1) is 0 Å². The fraction of sp³-hybridized carbons (Fsp3) is 0.700. The first kappa shape index (κ1) is 32.3. The molecule has 0 aromatic carbocycles. The summed E-state index contributed by atoms with van der Waals surface area (Å²) in [6, 6.07) is -3.12. The molecule has 0 radical (unpaired) electrons. The number of carbonyl (C=O) groups is 4. The minimum absolute atomic E-state index is 0.0601. The molecule has 0 aliphatic carbocycles. The number of nitrogens with two attached hydrogens (primary N) is 6. The number of carbonyl (C=O) groups excluding carboxylic acids is 3. The van der Waals surface area contributed by atoms with E-state index in [-0.39, 0.29) is 37.9 Å². The van der Waals surface area contributed by atoms with Gasteiger partial charge in [0.1, 0.15) is 12.1 Å². The van der Waals surface area contributed by atoms with Crippen molar-refractivity contribution in [3.63, 3.8) is 0 Å². The molecule has 0 saturated heterocycles. The van der Waals surface area contributed by atoms with Crippen LogP contribution in [0.4, 0.5) is 0 Å². The minimum atomic E-state index is -1.26. The third-order valence-corrected chi connectivity index (χ3v) is 4.89. The van der Waals surface area contributed by atoms with Crippen molar-refractivity contribution in [3.8, 4) is 0 Å². The van der Waals surface area contributed by atoms with Crippen molar-refractivity contribution in [2.75, 3.05) is 26.2 Å². The summed E-state index contributed by atoms with van der Waals surface area (Å²) in [5.74, 6) is -3.39. The zero-order valence-corrected chi connectivity index (χ0v) is 20.4. The van der Waals surface area contributed by atoms with Crippen molar-refractivity contribution >= 4 is 35.6 Å². The van der Waals surface area contributed by atoms with E-state index in [9.17, 15) is 24.3 Å². The van der Waals surface area contributed by atoms with Crippen LogP contribution in [-0.4, -0.2) is 85.0 Å². The number of hydrogen-bond donors (Lipinski definition) is 10. The molecule has 0 aromatic rings. The summed E-state index contributed by atoms with van der Waals surface area (Å²) in [4.78, 5) is 56.4. The van der Waals surface area contributed by atoms with Crippen LogP contribution in [-0.2, 0) is 19.2 Å². The second kappa shape index (κ2) is 18.6. The summed E-state index contributed by atoms with van der Waals surface area (Å²) in [7, 11) is 0. The molecule has 16 N–H and O–H groups in total. The lowest BCUT2D eigenvalue weighted by Gasteiger charge is -2.21. The lowest BCUT2D eigenvalue weighted by atomic mass is 10.1. The number of aliphatic imine (C=N–C) groups is 2. The largest absolute Gasteiger partial charge is 0.480 e. The monoisotopic (exact) mass is 515 g/mol. The van der Waals surface area contributed by atoms with Crippen molar-refractivity contribution in [1.29, 1.82) is 0 Å². The Morgan fingerprint density at radius 3 is 1.81 bits per heavy atom. The van der Waals surface area contributed by atoms with E-state index < -0.39 is 48.4 Å². The Labute approximate surface area is 210 Å². The molecule has 0 bridgehead atoms. The zero-order valence-electron chi connectivity index (χ0n) is 20.4. The summed E-state index contributed by atoms with van der Waals surface area (Å²) in [6.07, 6.45) is 2.60. The Morgan fingerprint density at radius 2 is 1.31 bits per heavy atom. The summed E-state index contributed by atoms with van der Waals surface area (Å²) in [6.45, 7) is 0.455. The molecule has 16 nitrogen and oxygen atoms in total. The van der Waals surface area contributed by atoms with E-state index in [1.54, 1.807) is 0 Å². The Morgan fingerprint density at radius 1 is 0.750 bits per heavy atom. The predicted octanol–water partition coefficient (Wildman–Crippen LogP) is -4.28. The maximum atomic E-state index is 12.8. The third-order valence-electron chi connectivity index (χ3n) is 4.89. The lowest BCUT2D eigenvalue weighted by molar-refractivity contribution is -0.142. The van der Waals surface area contributed by atoms with Crippen molar-refractivity contribution in [3.05, 3.63) is 0 Å². The van der Waals surface area contributed by atoms with Gasteiger partial charge in [0, 0.05) is 13.1 Å². The summed E-state index contributed by atoms with van der Waals surface area (Å²) >= 11 is 0. The second-order valence-corrected chi connectivity index (χ2v) is 8.03. The second-order valence-electron chi connectivity index (χ2n) is 8.03. The van der Waals surface area contributed by atoms with Gasteiger partial charge >= 0.3 is 5.97 Å². The number of nitrogens with one attached hydrogen (secondary N) is 3. The number of guanidine groups is 2. The van der Waals surface area contributed by atoms with E-state index in [1.165, 1.54) is 0 Å². The molecule has 3 amide bonds. The lowest BCUT2D eigenvalue weighted by Crippen LogP contribution is -2.53. The number of nitrogens with zero attached hydrogens (tertiary/aromatic N) is 2. The van der Waals surface area contributed by atoms with Crippen LogP contribution in [0.25, 0.3) is 0 Å². The Kier molecular flexibility index (Phi) is 16.7. The number of unbranched alkanes of at least 4 members (excludes halogenated alkanes) is 1. The maximum absolute atomic E-state index is 12.8. The van der Waals surface area contributed by atoms with Crippen LogP contribution >= 0.6 is 0 Å². The first-order valence-corrected chi connectivity index (χ1v) is 11.6. The topological polar surface area (TPSA) is 305 Å². The zero-order chi connectivity index (χ0) is 27.5. The van der Waals surface area contributed by atoms with E-state index in [2.05, 4.69) is 25.9 Å². The molecule has 16 heteroatoms. The van der Waals surface area contributed by atoms with Crippen LogP contribution < -0.4 is 50.4 Å². The van der Waals surface area contributed by atoms with Gasteiger partial charge in [-0.1, -0.05) is 6.42 Å². The summed E-state index contributed by atoms with van der Waals surface area (Å²) in [5.41, 5.74) is 32.3. The van der Waals surface area contributed by atoms with Gasteiger partial charge < -0.3 is 55.5 Å². The highest BCUT2D eigenvalue weighted by atomic mass is 16.4. The van der Waals surface area contributed by atoms with Crippen molar-refractivity contribution in [2.45, 2.75) is 63.1 Å². The Balaban J connectivity index is 5.04. The van der Waals surface area contributed by atoms with Gasteiger partial charge in [-0.3, -0.25) is 24.4 Å². The normalized spacial score (nSPS) is 12.9. The first-order valence-electron chi connectivity index (χ1n) is 11.6. The van der Waals surface area contributed by atoms with E-state index in [0.717, 1.165) is 6.42 Å². The number of carboxylic acids is 1. The van der Waals surface area contributed by atoms with Gasteiger partial charge in [0.05, 0.1) is 12.6 Å². The number of rotatable bonds is 19. The van der Waals surface area contributed by atoms with Crippen molar-refractivity contribution in [2.24, 2.45) is 44.4 Å². The molecule has 0 fully saturated rings. The fourth-order valence-electron chi connectivity index (χ4n) is 2.99. The number of amides is 3. The average molecular weight is 516 g/mol. The van der Waals surface area contributed by atoms with Gasteiger partial charge in [-0.15, -0.1) is 0 Å². The van der Waals surface area contributed by atoms with Crippen LogP contribution in [0.3, 0.4) is 0 Å². The molecule has 0 rings (SSSR count). The molecule has 36 heavy (non-hydrogen) atoms. The van der Waals surface area contributed by atoms with Crippen LogP contribution in [0.5, 0.6) is 0 Å². The number of aliphatic carboxylic acids is 1. The molecular formula is C20H41N11O5. The van der Waals surface area contributed by atoms with E-state index in [1.807, 2.05) is 0 Å². The first-order chi connectivity index (χ1) is 17.0. The molecule has 0 aliphatic rings. The highest BCUT2D eigenvalue weighted by Gasteiger charge is 2.26. The highest BCUT2D eigenvalue weighted by molar-refractivity contribution is 5.92. The maximum Gasteiger partial charge on any atom is 0.326 e. The summed E-state index contributed by atoms with van der Waals surface area (Å²) < 4.78 is 0. The molecule has 0 spiro atoms. The van der Waals surface area contributed by atoms with E-state index in [0.29, 0.717) is 32.2 Å². The predicted molar refractivity (Wildman–Crippen MR) is 135 cm³/mol. The molecule has 0 aliphatic heterocycles.